The van der Waals surface area contributed by atoms with Crippen molar-refractivity contribution in [2.24, 2.45) is 0 Å². The van der Waals surface area contributed by atoms with Crippen LogP contribution in [0.5, 0.6) is 0 Å². The van der Waals surface area contributed by atoms with E-state index in [0.29, 0.717) is 17.9 Å². The quantitative estimate of drug-likeness (QED) is 0.879. The zero-order valence-electron chi connectivity index (χ0n) is 13.3. The Labute approximate surface area is 131 Å². The van der Waals surface area contributed by atoms with Crippen LogP contribution in [0.25, 0.3) is 0 Å². The van der Waals surface area contributed by atoms with E-state index < -0.39 is 0 Å². The number of hydrogen-bond donors (Lipinski definition) is 1. The molecule has 5 nitrogen and oxygen atoms in total. The Balaban J connectivity index is 1.99. The van der Waals surface area contributed by atoms with Gasteiger partial charge in [0.1, 0.15) is 6.10 Å². The first-order chi connectivity index (χ1) is 10.6. The molecule has 22 heavy (non-hydrogen) atoms. The maximum Gasteiger partial charge on any atom is 0.253 e. The third-order valence-electron chi connectivity index (χ3n) is 3.79. The van der Waals surface area contributed by atoms with Crippen molar-refractivity contribution in [1.82, 2.24) is 4.90 Å². The summed E-state index contributed by atoms with van der Waals surface area (Å²) in [5.74, 6) is -0.164. The van der Waals surface area contributed by atoms with Crippen LogP contribution in [0.1, 0.15) is 43.0 Å². The summed E-state index contributed by atoms with van der Waals surface area (Å²) in [5.41, 5.74) is 1.22. The van der Waals surface area contributed by atoms with Gasteiger partial charge in [0.25, 0.3) is 11.8 Å². The van der Waals surface area contributed by atoms with E-state index in [0.717, 1.165) is 32.2 Å². The molecule has 0 unspecified atom stereocenters. The monoisotopic (exact) mass is 304 g/mol. The molecule has 0 spiro atoms. The van der Waals surface area contributed by atoms with Gasteiger partial charge in [0.2, 0.25) is 0 Å². The maximum absolute atomic E-state index is 12.3. The van der Waals surface area contributed by atoms with Crippen molar-refractivity contribution >= 4 is 17.5 Å². The van der Waals surface area contributed by atoms with Gasteiger partial charge in [0.05, 0.1) is 0 Å². The first-order valence-corrected chi connectivity index (χ1v) is 7.90. The van der Waals surface area contributed by atoms with Gasteiger partial charge < -0.3 is 15.0 Å². The number of rotatable bonds is 6. The third kappa shape index (κ3) is 4.31. The van der Waals surface area contributed by atoms with Crippen LogP contribution in [-0.4, -0.2) is 43.0 Å². The Morgan fingerprint density at radius 2 is 2.23 bits per heavy atom. The molecule has 1 aliphatic heterocycles. The second kappa shape index (κ2) is 7.94. The number of nitrogens with one attached hydrogen (secondary N) is 1. The summed E-state index contributed by atoms with van der Waals surface area (Å²) in [5, 5.41) is 2.83. The number of unbranched alkanes of at least 4 members (excludes halogenated alkanes) is 1. The Bertz CT molecular complexity index is 524. The summed E-state index contributed by atoms with van der Waals surface area (Å²) in [4.78, 5) is 26.1. The lowest BCUT2D eigenvalue weighted by Gasteiger charge is -2.17. The van der Waals surface area contributed by atoms with Crippen molar-refractivity contribution in [1.29, 1.82) is 0 Å². The molecule has 1 aliphatic rings. The lowest BCUT2D eigenvalue weighted by Crippen LogP contribution is -2.28. The summed E-state index contributed by atoms with van der Waals surface area (Å²) < 4.78 is 5.36. The highest BCUT2D eigenvalue weighted by Crippen LogP contribution is 2.17. The Kier molecular flexibility index (Phi) is 5.95. The predicted octanol–water partition coefficient (Wildman–Crippen LogP) is 2.68. The molecule has 0 bridgehead atoms. The number of carbonyl (C=O) groups excluding carboxylic acids is 2. The van der Waals surface area contributed by atoms with E-state index in [4.69, 9.17) is 4.74 Å². The second-order valence-electron chi connectivity index (χ2n) is 5.65. The Morgan fingerprint density at radius 3 is 2.91 bits per heavy atom. The van der Waals surface area contributed by atoms with E-state index in [1.54, 1.807) is 36.2 Å². The minimum absolute atomic E-state index is 0.0262. The molecule has 1 saturated heterocycles. The molecule has 0 aromatic heterocycles. The van der Waals surface area contributed by atoms with E-state index >= 15 is 0 Å². The van der Waals surface area contributed by atoms with Crippen LogP contribution in [0.2, 0.25) is 0 Å². The predicted molar refractivity (Wildman–Crippen MR) is 85.9 cm³/mol. The molecular formula is C17H24N2O3. The van der Waals surface area contributed by atoms with Crippen molar-refractivity contribution in [3.05, 3.63) is 29.8 Å². The Morgan fingerprint density at radius 1 is 1.41 bits per heavy atom. The molecule has 0 saturated carbocycles. The van der Waals surface area contributed by atoms with E-state index in [9.17, 15) is 9.59 Å². The van der Waals surface area contributed by atoms with E-state index in [2.05, 4.69) is 12.2 Å². The lowest BCUT2D eigenvalue weighted by molar-refractivity contribution is -0.124. The number of hydrogen-bond acceptors (Lipinski definition) is 3. The normalized spacial score (nSPS) is 17.3. The number of ether oxygens (including phenoxy) is 1. The van der Waals surface area contributed by atoms with Crippen molar-refractivity contribution in [3.63, 3.8) is 0 Å². The highest BCUT2D eigenvalue weighted by molar-refractivity contribution is 5.98. The molecule has 120 valence electrons. The Hall–Kier alpha value is -1.88. The molecular weight excluding hydrogens is 280 g/mol. The van der Waals surface area contributed by atoms with Crippen LogP contribution < -0.4 is 5.32 Å². The summed E-state index contributed by atoms with van der Waals surface area (Å²) >= 11 is 0. The van der Waals surface area contributed by atoms with Gasteiger partial charge in [-0.3, -0.25) is 9.59 Å². The first kappa shape index (κ1) is 16.5. The fourth-order valence-corrected chi connectivity index (χ4v) is 2.45. The summed E-state index contributed by atoms with van der Waals surface area (Å²) in [6, 6.07) is 7.06. The smallest absolute Gasteiger partial charge is 0.253 e. The third-order valence-corrected chi connectivity index (χ3v) is 3.79. The number of benzene rings is 1. The van der Waals surface area contributed by atoms with Crippen LogP contribution in [0.15, 0.2) is 24.3 Å². The van der Waals surface area contributed by atoms with Gasteiger partial charge in [-0.05, 0) is 37.5 Å². The van der Waals surface area contributed by atoms with E-state index in [1.165, 1.54) is 0 Å². The molecule has 0 aliphatic carbocycles. The summed E-state index contributed by atoms with van der Waals surface area (Å²) in [6.07, 6.45) is 3.34. The van der Waals surface area contributed by atoms with Crippen LogP contribution in [0.4, 0.5) is 5.69 Å². The number of anilines is 1. The van der Waals surface area contributed by atoms with Gasteiger partial charge >= 0.3 is 0 Å². The molecule has 0 radical (unpaired) electrons. The zero-order chi connectivity index (χ0) is 15.9. The highest BCUT2D eigenvalue weighted by atomic mass is 16.5. The van der Waals surface area contributed by atoms with Gasteiger partial charge in [-0.15, -0.1) is 0 Å². The van der Waals surface area contributed by atoms with Crippen molar-refractivity contribution in [3.8, 4) is 0 Å². The largest absolute Gasteiger partial charge is 0.368 e. The average molecular weight is 304 g/mol. The molecule has 1 aromatic rings. The minimum Gasteiger partial charge on any atom is -0.368 e. The van der Waals surface area contributed by atoms with Crippen molar-refractivity contribution in [2.45, 2.75) is 38.7 Å². The van der Waals surface area contributed by atoms with E-state index in [1.807, 2.05) is 0 Å². The van der Waals surface area contributed by atoms with Crippen LogP contribution >= 0.6 is 0 Å². The molecule has 1 atom stereocenters. The first-order valence-electron chi connectivity index (χ1n) is 7.90. The fraction of sp³-hybridized carbons (Fsp3) is 0.529. The second-order valence-corrected chi connectivity index (χ2v) is 5.65. The van der Waals surface area contributed by atoms with Gasteiger partial charge in [0.15, 0.2) is 0 Å². The van der Waals surface area contributed by atoms with E-state index in [-0.39, 0.29) is 17.9 Å². The summed E-state index contributed by atoms with van der Waals surface area (Å²) in [6.45, 7) is 3.47. The highest BCUT2D eigenvalue weighted by Gasteiger charge is 2.23. The molecule has 2 amide bonds. The average Bonchev–Trinajstić information content (AvgIpc) is 3.06. The molecule has 2 rings (SSSR count). The molecule has 5 heteroatoms. The molecule has 1 fully saturated rings. The van der Waals surface area contributed by atoms with Gasteiger partial charge in [-0.2, -0.15) is 0 Å². The van der Waals surface area contributed by atoms with Crippen LogP contribution in [-0.2, 0) is 9.53 Å². The molecule has 1 N–H and O–H groups in total. The topological polar surface area (TPSA) is 58.6 Å². The number of amides is 2. The lowest BCUT2D eigenvalue weighted by atomic mass is 10.1. The number of carbonyl (C=O) groups is 2. The van der Waals surface area contributed by atoms with Gasteiger partial charge in [-0.1, -0.05) is 19.4 Å². The van der Waals surface area contributed by atoms with Gasteiger partial charge in [-0.25, -0.2) is 0 Å². The maximum atomic E-state index is 12.3. The van der Waals surface area contributed by atoms with Crippen LogP contribution in [0.3, 0.4) is 0 Å². The number of nitrogens with zero attached hydrogens (tertiary/aromatic N) is 1. The van der Waals surface area contributed by atoms with Gasteiger partial charge in [0, 0.05) is 31.5 Å². The SMILES string of the molecule is CCCCN(C)C(=O)c1cccc(NC(=O)[C@@H]2CCCO2)c1. The zero-order valence-corrected chi connectivity index (χ0v) is 13.3. The minimum atomic E-state index is -0.369. The molecule has 1 aromatic carbocycles. The standard InChI is InChI=1S/C17H24N2O3/c1-3-4-10-19(2)17(21)13-7-5-8-14(12-13)18-16(20)15-9-6-11-22-15/h5,7-8,12,15H,3-4,6,9-11H2,1-2H3,(H,18,20)/t15-/m0/s1. The summed E-state index contributed by atoms with van der Waals surface area (Å²) in [7, 11) is 1.80. The fourth-order valence-electron chi connectivity index (χ4n) is 2.45. The van der Waals surface area contributed by atoms with Crippen molar-refractivity contribution in [2.75, 3.05) is 25.5 Å². The van der Waals surface area contributed by atoms with Crippen molar-refractivity contribution < 1.29 is 14.3 Å². The van der Waals surface area contributed by atoms with Crippen LogP contribution in [0, 0.1) is 0 Å². The molecule has 1 heterocycles.